The van der Waals surface area contributed by atoms with Gasteiger partial charge in [-0.1, -0.05) is 11.3 Å². The highest BCUT2D eigenvalue weighted by atomic mass is 79.9. The van der Waals surface area contributed by atoms with Crippen LogP contribution in [0.5, 0.6) is 11.1 Å². The topological polar surface area (TPSA) is 39.9 Å². The maximum absolute atomic E-state index is 5.53. The molecule has 74 valence electrons. The molecule has 0 spiro atoms. The highest BCUT2D eigenvalue weighted by Crippen LogP contribution is 2.27. The van der Waals surface area contributed by atoms with Gasteiger partial charge in [0.25, 0.3) is 5.19 Å². The largest absolute Gasteiger partial charge is 0.412 e. The zero-order chi connectivity index (χ0) is 10.1. The van der Waals surface area contributed by atoms with Gasteiger partial charge in [0.1, 0.15) is 4.60 Å². The van der Waals surface area contributed by atoms with E-state index in [1.165, 1.54) is 11.3 Å². The molecular formula is C8H8BrN3OS. The maximum atomic E-state index is 5.53. The molecule has 14 heavy (non-hydrogen) atoms. The minimum atomic E-state index is 0.611. The van der Waals surface area contributed by atoms with Gasteiger partial charge in [-0.2, -0.15) is 10.1 Å². The molecule has 4 nitrogen and oxygen atoms in total. The van der Waals surface area contributed by atoms with Crippen LogP contribution in [0, 0.1) is 6.92 Å². The van der Waals surface area contributed by atoms with Crippen molar-refractivity contribution in [3.63, 3.8) is 0 Å². The first kappa shape index (κ1) is 9.67. The summed E-state index contributed by atoms with van der Waals surface area (Å²) in [5, 5.41) is 6.66. The van der Waals surface area contributed by atoms with Crippen molar-refractivity contribution in [2.24, 2.45) is 7.05 Å². The number of hydrogen-bond donors (Lipinski definition) is 0. The minimum absolute atomic E-state index is 0.611. The molecule has 0 fully saturated rings. The van der Waals surface area contributed by atoms with Crippen molar-refractivity contribution in [1.29, 1.82) is 0 Å². The number of aromatic nitrogens is 3. The molecule has 2 aromatic heterocycles. The lowest BCUT2D eigenvalue weighted by atomic mass is 10.5. The van der Waals surface area contributed by atoms with Crippen molar-refractivity contribution < 1.29 is 4.74 Å². The fraction of sp³-hybridized carbons (Fsp3) is 0.250. The molecule has 0 saturated carbocycles. The third-order valence-corrected chi connectivity index (χ3v) is 3.03. The summed E-state index contributed by atoms with van der Waals surface area (Å²) >= 11 is 4.71. The number of aryl methyl sites for hydroxylation is 2. The SMILES string of the molecule is Cc1cc(Oc2nc(Br)cs2)n(C)n1. The standard InChI is InChI=1S/C8H8BrN3OS/c1-5-3-7(12(2)11-5)13-8-10-6(9)4-14-8/h3-4H,1-2H3. The molecule has 0 aliphatic carbocycles. The second-order valence-corrected chi connectivity index (χ2v) is 4.42. The molecule has 2 heterocycles. The summed E-state index contributed by atoms with van der Waals surface area (Å²) in [4.78, 5) is 4.13. The summed E-state index contributed by atoms with van der Waals surface area (Å²) in [5.74, 6) is 0.698. The van der Waals surface area contributed by atoms with Crippen LogP contribution in [0.15, 0.2) is 16.0 Å². The summed E-state index contributed by atoms with van der Waals surface area (Å²) < 4.78 is 8.00. The van der Waals surface area contributed by atoms with Crippen molar-refractivity contribution in [1.82, 2.24) is 14.8 Å². The van der Waals surface area contributed by atoms with Crippen LogP contribution in [0.1, 0.15) is 5.69 Å². The molecule has 0 aromatic carbocycles. The number of halogens is 1. The Hall–Kier alpha value is -0.880. The van der Waals surface area contributed by atoms with Crippen LogP contribution in [-0.4, -0.2) is 14.8 Å². The Morgan fingerprint density at radius 3 is 2.86 bits per heavy atom. The van der Waals surface area contributed by atoms with Gasteiger partial charge in [0.15, 0.2) is 0 Å². The Morgan fingerprint density at radius 2 is 2.36 bits per heavy atom. The predicted molar refractivity (Wildman–Crippen MR) is 57.8 cm³/mol. The van der Waals surface area contributed by atoms with E-state index in [9.17, 15) is 0 Å². The molecule has 0 aliphatic rings. The Morgan fingerprint density at radius 1 is 1.57 bits per heavy atom. The molecule has 0 N–H and O–H groups in total. The molecule has 2 rings (SSSR count). The van der Waals surface area contributed by atoms with Crippen molar-refractivity contribution in [3.8, 4) is 11.1 Å². The zero-order valence-electron chi connectivity index (χ0n) is 7.69. The second kappa shape index (κ2) is 3.70. The van der Waals surface area contributed by atoms with E-state index < -0.39 is 0 Å². The van der Waals surface area contributed by atoms with Gasteiger partial charge in [-0.15, -0.1) is 0 Å². The van der Waals surface area contributed by atoms with Gasteiger partial charge in [0.05, 0.1) is 5.69 Å². The lowest BCUT2D eigenvalue weighted by molar-refractivity contribution is 0.427. The monoisotopic (exact) mass is 273 g/mol. The molecule has 2 aromatic rings. The third kappa shape index (κ3) is 1.96. The van der Waals surface area contributed by atoms with Gasteiger partial charge in [-0.25, -0.2) is 4.68 Å². The van der Waals surface area contributed by atoms with Crippen LogP contribution in [0.25, 0.3) is 0 Å². The lowest BCUT2D eigenvalue weighted by Crippen LogP contribution is -1.94. The number of hydrogen-bond acceptors (Lipinski definition) is 4. The summed E-state index contributed by atoms with van der Waals surface area (Å²) in [6.45, 7) is 1.92. The molecule has 0 radical (unpaired) electrons. The highest BCUT2D eigenvalue weighted by Gasteiger charge is 2.06. The van der Waals surface area contributed by atoms with E-state index in [0.29, 0.717) is 11.1 Å². The van der Waals surface area contributed by atoms with Gasteiger partial charge >= 0.3 is 0 Å². The summed E-state index contributed by atoms with van der Waals surface area (Å²) in [6.07, 6.45) is 0. The Labute approximate surface area is 93.7 Å². The smallest absolute Gasteiger partial charge is 0.281 e. The third-order valence-electron chi connectivity index (χ3n) is 1.61. The fourth-order valence-electron chi connectivity index (χ4n) is 1.06. The van der Waals surface area contributed by atoms with Crippen molar-refractivity contribution in [2.75, 3.05) is 0 Å². The van der Waals surface area contributed by atoms with Crippen LogP contribution in [0.3, 0.4) is 0 Å². The molecule has 0 atom stereocenters. The van der Waals surface area contributed by atoms with Crippen LogP contribution < -0.4 is 4.74 Å². The maximum Gasteiger partial charge on any atom is 0.281 e. The molecule has 6 heteroatoms. The second-order valence-electron chi connectivity index (χ2n) is 2.79. The van der Waals surface area contributed by atoms with Crippen molar-refractivity contribution in [3.05, 3.63) is 21.7 Å². The normalized spacial score (nSPS) is 10.5. The zero-order valence-corrected chi connectivity index (χ0v) is 10.1. The molecule has 0 unspecified atom stereocenters. The first-order chi connectivity index (χ1) is 6.65. The summed E-state index contributed by atoms with van der Waals surface area (Å²) in [7, 11) is 1.84. The van der Waals surface area contributed by atoms with E-state index in [1.807, 2.05) is 25.4 Å². The average Bonchev–Trinajstić information content (AvgIpc) is 2.61. The Bertz CT molecular complexity index is 451. The first-order valence-electron chi connectivity index (χ1n) is 3.94. The summed E-state index contributed by atoms with van der Waals surface area (Å²) in [6, 6.07) is 1.87. The number of thiazole rings is 1. The van der Waals surface area contributed by atoms with Crippen molar-refractivity contribution >= 4 is 27.3 Å². The van der Waals surface area contributed by atoms with Gasteiger partial charge in [-0.05, 0) is 22.9 Å². The molecule has 0 amide bonds. The summed E-state index contributed by atoms with van der Waals surface area (Å²) in [5.41, 5.74) is 0.929. The quantitative estimate of drug-likeness (QED) is 0.845. The molecule has 0 saturated heterocycles. The van der Waals surface area contributed by atoms with E-state index in [-0.39, 0.29) is 0 Å². The highest BCUT2D eigenvalue weighted by molar-refractivity contribution is 9.10. The number of ether oxygens (including phenoxy) is 1. The molecule has 0 bridgehead atoms. The number of nitrogens with zero attached hydrogens (tertiary/aromatic N) is 3. The minimum Gasteiger partial charge on any atom is -0.412 e. The van der Waals surface area contributed by atoms with Gasteiger partial charge in [0.2, 0.25) is 5.88 Å². The molecule has 0 aliphatic heterocycles. The van der Waals surface area contributed by atoms with E-state index in [0.717, 1.165) is 10.3 Å². The fourth-order valence-corrected chi connectivity index (χ4v) is 2.15. The van der Waals surface area contributed by atoms with Gasteiger partial charge in [-0.3, -0.25) is 0 Å². The van der Waals surface area contributed by atoms with E-state index in [1.54, 1.807) is 4.68 Å². The lowest BCUT2D eigenvalue weighted by Gasteiger charge is -1.99. The number of rotatable bonds is 2. The Balaban J connectivity index is 2.22. The first-order valence-corrected chi connectivity index (χ1v) is 5.62. The van der Waals surface area contributed by atoms with Gasteiger partial charge in [0, 0.05) is 18.5 Å². The average molecular weight is 274 g/mol. The van der Waals surface area contributed by atoms with Gasteiger partial charge < -0.3 is 4.74 Å². The van der Waals surface area contributed by atoms with E-state index in [4.69, 9.17) is 4.74 Å². The van der Waals surface area contributed by atoms with Crippen LogP contribution >= 0.6 is 27.3 Å². The van der Waals surface area contributed by atoms with Crippen LogP contribution in [-0.2, 0) is 7.05 Å². The molecular weight excluding hydrogens is 266 g/mol. The van der Waals surface area contributed by atoms with E-state index >= 15 is 0 Å². The Kier molecular flexibility index (Phi) is 2.56. The predicted octanol–water partition coefficient (Wildman–Crippen LogP) is 2.74. The van der Waals surface area contributed by atoms with Crippen LogP contribution in [0.2, 0.25) is 0 Å². The van der Waals surface area contributed by atoms with Crippen molar-refractivity contribution in [2.45, 2.75) is 6.92 Å². The van der Waals surface area contributed by atoms with Crippen LogP contribution in [0.4, 0.5) is 0 Å². The van der Waals surface area contributed by atoms with E-state index in [2.05, 4.69) is 26.0 Å².